The summed E-state index contributed by atoms with van der Waals surface area (Å²) in [5.74, 6) is -0.759. The van der Waals surface area contributed by atoms with E-state index in [9.17, 15) is 8.78 Å². The number of aromatic nitrogens is 3. The third-order valence-corrected chi connectivity index (χ3v) is 6.15. The van der Waals surface area contributed by atoms with E-state index < -0.39 is 11.6 Å². The molecule has 5 rings (SSSR count). The third-order valence-electron chi connectivity index (χ3n) is 6.15. The average Bonchev–Trinajstić information content (AvgIpc) is 3.25. The van der Waals surface area contributed by atoms with Crippen molar-refractivity contribution in [3.05, 3.63) is 78.1 Å². The van der Waals surface area contributed by atoms with Crippen molar-refractivity contribution in [2.75, 3.05) is 36.5 Å². The summed E-state index contributed by atoms with van der Waals surface area (Å²) < 4.78 is 34.7. The molecule has 0 atom stereocenters. The quantitative estimate of drug-likeness (QED) is 0.347. The van der Waals surface area contributed by atoms with E-state index in [0.717, 1.165) is 48.8 Å². The molecule has 2 aromatic carbocycles. The second-order valence-electron chi connectivity index (χ2n) is 8.65. The van der Waals surface area contributed by atoms with E-state index in [4.69, 9.17) is 9.84 Å². The first-order chi connectivity index (χ1) is 17.1. The number of ether oxygens (including phenoxy) is 1. The van der Waals surface area contributed by atoms with Gasteiger partial charge in [-0.1, -0.05) is 0 Å². The fourth-order valence-electron chi connectivity index (χ4n) is 4.44. The molecule has 2 N–H and O–H groups in total. The van der Waals surface area contributed by atoms with Crippen LogP contribution in [0.2, 0.25) is 0 Å². The lowest BCUT2D eigenvalue weighted by molar-refractivity contribution is 0.0159. The number of rotatable bonds is 8. The molecule has 0 saturated carbocycles. The van der Waals surface area contributed by atoms with Crippen molar-refractivity contribution >= 4 is 40.8 Å². The zero-order valence-electron chi connectivity index (χ0n) is 19.6. The maximum Gasteiger partial charge on any atom is 0.229 e. The predicted octanol–water partition coefficient (Wildman–Crippen LogP) is 4.90. The number of hydrogen-bond donors (Lipinski definition) is 2. The number of benzene rings is 2. The van der Waals surface area contributed by atoms with Gasteiger partial charge in [0.15, 0.2) is 0 Å². The van der Waals surface area contributed by atoms with E-state index in [2.05, 4.69) is 32.3 Å². The summed E-state index contributed by atoms with van der Waals surface area (Å²) in [4.78, 5) is 11.4. The van der Waals surface area contributed by atoms with Gasteiger partial charge in [-0.15, -0.1) is 12.4 Å². The van der Waals surface area contributed by atoms with Crippen molar-refractivity contribution in [2.45, 2.75) is 25.5 Å². The van der Waals surface area contributed by atoms with Crippen LogP contribution in [0, 0.1) is 11.6 Å². The first kappa shape index (κ1) is 25.8. The molecule has 4 aromatic rings. The molecule has 0 aliphatic carbocycles. The van der Waals surface area contributed by atoms with Crippen LogP contribution in [-0.2, 0) is 11.3 Å². The molecule has 0 amide bonds. The monoisotopic (exact) mass is 515 g/mol. The van der Waals surface area contributed by atoms with E-state index in [1.807, 2.05) is 29.0 Å². The van der Waals surface area contributed by atoms with Crippen molar-refractivity contribution < 1.29 is 18.6 Å². The molecular formula is C26H28ClF2N5O2. The SMILES string of the molecule is Cl.OCCOC1CCN(c2ccc(Nc3ncc4ccn(Cc5cc(F)cc(F)c5)c4n3)cc2)CC1. The number of nitrogens with zero attached hydrogens (tertiary/aromatic N) is 4. The number of aliphatic hydroxyl groups is 1. The Morgan fingerprint density at radius 3 is 2.44 bits per heavy atom. The second-order valence-corrected chi connectivity index (χ2v) is 8.65. The number of halogens is 3. The first-order valence-corrected chi connectivity index (χ1v) is 11.7. The zero-order valence-corrected chi connectivity index (χ0v) is 20.4. The first-order valence-electron chi connectivity index (χ1n) is 11.7. The summed E-state index contributed by atoms with van der Waals surface area (Å²) in [6.07, 6.45) is 5.65. The van der Waals surface area contributed by atoms with Crippen molar-refractivity contribution in [1.29, 1.82) is 0 Å². The minimum atomic E-state index is -0.601. The highest BCUT2D eigenvalue weighted by Crippen LogP contribution is 2.25. The Kier molecular flexibility index (Phi) is 8.35. The van der Waals surface area contributed by atoms with Crippen LogP contribution in [0.1, 0.15) is 18.4 Å². The second kappa shape index (κ2) is 11.6. The smallest absolute Gasteiger partial charge is 0.229 e. The Morgan fingerprint density at radius 2 is 1.75 bits per heavy atom. The molecule has 3 heterocycles. The van der Waals surface area contributed by atoms with Crippen LogP contribution in [0.15, 0.2) is 60.9 Å². The van der Waals surface area contributed by atoms with Crippen LogP contribution in [0.25, 0.3) is 11.0 Å². The van der Waals surface area contributed by atoms with Gasteiger partial charge in [-0.3, -0.25) is 0 Å². The largest absolute Gasteiger partial charge is 0.394 e. The standard InChI is InChI=1S/C26H27F2N5O2.ClH/c27-20-13-18(14-21(28)15-20)17-33-8-5-19-16-29-26(31-25(19)33)30-22-1-3-23(4-2-22)32-9-6-24(7-10-32)35-12-11-34;/h1-5,8,13-16,24,34H,6-7,9-12,17H2,(H,29,30,31);1H. The lowest BCUT2D eigenvalue weighted by Gasteiger charge is -2.33. The van der Waals surface area contributed by atoms with Crippen LogP contribution >= 0.6 is 12.4 Å². The van der Waals surface area contributed by atoms with Gasteiger partial charge in [0.1, 0.15) is 17.3 Å². The lowest BCUT2D eigenvalue weighted by Crippen LogP contribution is -2.37. The van der Waals surface area contributed by atoms with Crippen molar-refractivity contribution in [3.8, 4) is 0 Å². The number of piperidine rings is 1. The molecule has 0 radical (unpaired) electrons. The number of aliphatic hydroxyl groups excluding tert-OH is 1. The third kappa shape index (κ3) is 6.10. The van der Waals surface area contributed by atoms with Crippen molar-refractivity contribution in [1.82, 2.24) is 14.5 Å². The van der Waals surface area contributed by atoms with E-state index >= 15 is 0 Å². The average molecular weight is 516 g/mol. The van der Waals surface area contributed by atoms with Gasteiger partial charge < -0.3 is 24.6 Å². The molecule has 1 aliphatic heterocycles. The summed E-state index contributed by atoms with van der Waals surface area (Å²) in [6.45, 7) is 2.58. The molecule has 7 nitrogen and oxygen atoms in total. The van der Waals surface area contributed by atoms with Gasteiger partial charge in [-0.2, -0.15) is 4.98 Å². The summed E-state index contributed by atoms with van der Waals surface area (Å²) in [5.41, 5.74) is 3.20. The van der Waals surface area contributed by atoms with E-state index in [1.165, 1.54) is 12.1 Å². The van der Waals surface area contributed by atoms with Gasteiger partial charge >= 0.3 is 0 Å². The lowest BCUT2D eigenvalue weighted by atomic mass is 10.1. The summed E-state index contributed by atoms with van der Waals surface area (Å²) >= 11 is 0. The molecule has 0 unspecified atom stereocenters. The Morgan fingerprint density at radius 1 is 1.03 bits per heavy atom. The molecule has 0 spiro atoms. The molecule has 1 fully saturated rings. The van der Waals surface area contributed by atoms with Crippen LogP contribution < -0.4 is 10.2 Å². The molecule has 36 heavy (non-hydrogen) atoms. The molecule has 10 heteroatoms. The van der Waals surface area contributed by atoms with Crippen LogP contribution in [0.4, 0.5) is 26.1 Å². The predicted molar refractivity (Wildman–Crippen MR) is 138 cm³/mol. The summed E-state index contributed by atoms with van der Waals surface area (Å²) in [5, 5.41) is 13.0. The Hall–Kier alpha value is -3.27. The maximum atomic E-state index is 13.6. The molecule has 1 saturated heterocycles. The Bertz CT molecular complexity index is 1270. The molecule has 1 aliphatic rings. The van der Waals surface area contributed by atoms with E-state index in [1.54, 1.807) is 6.20 Å². The van der Waals surface area contributed by atoms with E-state index in [-0.39, 0.29) is 25.1 Å². The fraction of sp³-hybridized carbons (Fsp3) is 0.308. The molecule has 190 valence electrons. The van der Waals surface area contributed by atoms with Crippen LogP contribution in [0.5, 0.6) is 0 Å². The van der Waals surface area contributed by atoms with Gasteiger partial charge in [0.05, 0.1) is 19.3 Å². The summed E-state index contributed by atoms with van der Waals surface area (Å²) in [7, 11) is 0. The van der Waals surface area contributed by atoms with Gasteiger partial charge in [0, 0.05) is 54.9 Å². The number of nitrogens with one attached hydrogen (secondary N) is 1. The highest BCUT2D eigenvalue weighted by Gasteiger charge is 2.19. The number of hydrogen-bond acceptors (Lipinski definition) is 6. The Balaban J connectivity index is 0.00000304. The number of anilines is 3. The molecular weight excluding hydrogens is 488 g/mol. The fourth-order valence-corrected chi connectivity index (χ4v) is 4.44. The van der Waals surface area contributed by atoms with Gasteiger partial charge in [0.2, 0.25) is 5.95 Å². The summed E-state index contributed by atoms with van der Waals surface area (Å²) in [6, 6.07) is 13.5. The molecule has 0 bridgehead atoms. The zero-order chi connectivity index (χ0) is 24.2. The van der Waals surface area contributed by atoms with Crippen molar-refractivity contribution in [3.63, 3.8) is 0 Å². The minimum Gasteiger partial charge on any atom is -0.394 e. The molecule has 2 aromatic heterocycles. The van der Waals surface area contributed by atoms with E-state index in [0.29, 0.717) is 30.3 Å². The maximum absolute atomic E-state index is 13.6. The van der Waals surface area contributed by atoms with Crippen LogP contribution in [-0.4, -0.2) is 52.0 Å². The minimum absolute atomic E-state index is 0. The normalized spacial score (nSPS) is 14.1. The number of fused-ring (bicyclic) bond motifs is 1. The van der Waals surface area contributed by atoms with Gasteiger partial charge in [0.25, 0.3) is 0 Å². The van der Waals surface area contributed by atoms with Gasteiger partial charge in [-0.05, 0) is 60.9 Å². The van der Waals surface area contributed by atoms with Gasteiger partial charge in [-0.25, -0.2) is 13.8 Å². The topological polar surface area (TPSA) is 75.4 Å². The Labute approximate surface area is 214 Å². The highest BCUT2D eigenvalue weighted by molar-refractivity contribution is 5.85. The highest BCUT2D eigenvalue weighted by atomic mass is 35.5. The van der Waals surface area contributed by atoms with Crippen molar-refractivity contribution in [2.24, 2.45) is 0 Å². The van der Waals surface area contributed by atoms with Crippen LogP contribution in [0.3, 0.4) is 0 Å².